The highest BCUT2D eigenvalue weighted by Gasteiger charge is 2.11. The first-order valence-corrected chi connectivity index (χ1v) is 6.25. The second kappa shape index (κ2) is 5.28. The monoisotopic (exact) mass is 284 g/mol. The topological polar surface area (TPSA) is 42.0 Å². The predicted molar refractivity (Wildman–Crippen MR) is 76.1 cm³/mol. The summed E-state index contributed by atoms with van der Waals surface area (Å²) in [6.45, 7) is 0. The summed E-state index contributed by atoms with van der Waals surface area (Å²) in [6, 6.07) is 11.6. The van der Waals surface area contributed by atoms with Crippen molar-refractivity contribution in [2.45, 2.75) is 0 Å². The molecule has 0 aliphatic carbocycles. The first-order valence-electron chi connectivity index (χ1n) is 6.25. The second-order valence-electron chi connectivity index (χ2n) is 4.49. The van der Waals surface area contributed by atoms with Crippen LogP contribution in [0.2, 0.25) is 0 Å². The predicted octanol–water partition coefficient (Wildman–Crippen LogP) is 3.77. The Balaban J connectivity index is 1.97. The molecule has 0 bridgehead atoms. The molecule has 3 aromatic rings. The largest absolute Gasteiger partial charge is 0.322 e. The molecule has 21 heavy (non-hydrogen) atoms. The maximum Gasteiger partial charge on any atom is 0.256 e. The van der Waals surface area contributed by atoms with Crippen LogP contribution < -0.4 is 5.32 Å². The van der Waals surface area contributed by atoms with Crippen molar-refractivity contribution in [3.8, 4) is 0 Å². The van der Waals surface area contributed by atoms with Crippen molar-refractivity contribution in [3.05, 3.63) is 71.9 Å². The van der Waals surface area contributed by atoms with Crippen LogP contribution in [0.3, 0.4) is 0 Å². The van der Waals surface area contributed by atoms with Crippen molar-refractivity contribution < 1.29 is 13.6 Å². The molecule has 1 N–H and O–H groups in total. The number of amides is 1. The van der Waals surface area contributed by atoms with Crippen molar-refractivity contribution in [3.63, 3.8) is 0 Å². The fraction of sp³-hybridized carbons (Fsp3) is 0. The first kappa shape index (κ1) is 13.2. The molecule has 2 aromatic carbocycles. The molecule has 5 heteroatoms. The number of pyridine rings is 1. The van der Waals surface area contributed by atoms with Gasteiger partial charge >= 0.3 is 0 Å². The smallest absolute Gasteiger partial charge is 0.256 e. The van der Waals surface area contributed by atoms with E-state index in [1.54, 1.807) is 24.3 Å². The molecule has 0 radical (unpaired) electrons. The fourth-order valence-electron chi connectivity index (χ4n) is 2.12. The second-order valence-corrected chi connectivity index (χ2v) is 4.49. The maximum absolute atomic E-state index is 13.1. The third-order valence-electron chi connectivity index (χ3n) is 3.01. The van der Waals surface area contributed by atoms with Gasteiger partial charge in [0.25, 0.3) is 5.91 Å². The molecule has 0 aliphatic rings. The molecule has 0 aliphatic heterocycles. The van der Waals surface area contributed by atoms with Gasteiger partial charge in [-0.15, -0.1) is 0 Å². The van der Waals surface area contributed by atoms with Gasteiger partial charge in [0, 0.05) is 23.3 Å². The van der Waals surface area contributed by atoms with Crippen LogP contribution in [0.15, 0.2) is 54.7 Å². The standard InChI is InChI=1S/C16H10F2N2O/c17-10-7-11(18)9-12(8-10)20-16(21)14-5-6-19-15-4-2-1-3-13(14)15/h1-9H,(H,20,21). The number of rotatable bonds is 2. The first-order chi connectivity index (χ1) is 10.1. The zero-order chi connectivity index (χ0) is 14.8. The Hall–Kier alpha value is -2.82. The quantitative estimate of drug-likeness (QED) is 0.778. The molecule has 0 atom stereocenters. The number of anilines is 1. The molecule has 0 spiro atoms. The number of nitrogens with one attached hydrogen (secondary N) is 1. The molecule has 0 unspecified atom stereocenters. The Morgan fingerprint density at radius 1 is 1.00 bits per heavy atom. The number of carbonyl (C=O) groups excluding carboxylic acids is 1. The van der Waals surface area contributed by atoms with E-state index in [0.717, 1.165) is 18.2 Å². The Bertz CT molecular complexity index is 808. The van der Waals surface area contributed by atoms with Gasteiger partial charge in [-0.2, -0.15) is 0 Å². The minimum atomic E-state index is -0.745. The molecule has 1 amide bonds. The van der Waals surface area contributed by atoms with E-state index in [4.69, 9.17) is 0 Å². The molecule has 104 valence electrons. The molecular weight excluding hydrogens is 274 g/mol. The number of nitrogens with zero attached hydrogens (tertiary/aromatic N) is 1. The molecule has 3 nitrogen and oxygen atoms in total. The highest BCUT2D eigenvalue weighted by molar-refractivity contribution is 6.12. The zero-order valence-electron chi connectivity index (χ0n) is 10.8. The lowest BCUT2D eigenvalue weighted by atomic mass is 10.1. The third kappa shape index (κ3) is 2.72. The van der Waals surface area contributed by atoms with Gasteiger partial charge in [-0.05, 0) is 24.3 Å². The van der Waals surface area contributed by atoms with Crippen molar-refractivity contribution in [1.29, 1.82) is 0 Å². The van der Waals surface area contributed by atoms with E-state index in [-0.39, 0.29) is 5.69 Å². The van der Waals surface area contributed by atoms with Gasteiger partial charge in [0.1, 0.15) is 11.6 Å². The summed E-state index contributed by atoms with van der Waals surface area (Å²) < 4.78 is 26.3. The minimum Gasteiger partial charge on any atom is -0.322 e. The third-order valence-corrected chi connectivity index (χ3v) is 3.01. The molecule has 0 saturated heterocycles. The minimum absolute atomic E-state index is 0.0680. The van der Waals surface area contributed by atoms with Gasteiger partial charge in [-0.1, -0.05) is 18.2 Å². The van der Waals surface area contributed by atoms with Crippen molar-refractivity contribution >= 4 is 22.5 Å². The zero-order valence-corrected chi connectivity index (χ0v) is 10.8. The van der Waals surface area contributed by atoms with Crippen LogP contribution in [-0.4, -0.2) is 10.9 Å². The summed E-state index contributed by atoms with van der Waals surface area (Å²) in [5.74, 6) is -1.94. The summed E-state index contributed by atoms with van der Waals surface area (Å²) >= 11 is 0. The number of hydrogen-bond acceptors (Lipinski definition) is 2. The number of benzene rings is 2. The van der Waals surface area contributed by atoms with E-state index in [2.05, 4.69) is 10.3 Å². The van der Waals surface area contributed by atoms with E-state index in [9.17, 15) is 13.6 Å². The van der Waals surface area contributed by atoms with E-state index in [1.807, 2.05) is 6.07 Å². The number of carbonyl (C=O) groups is 1. The normalized spacial score (nSPS) is 10.6. The maximum atomic E-state index is 13.1. The van der Waals surface area contributed by atoms with Gasteiger partial charge < -0.3 is 5.32 Å². The SMILES string of the molecule is O=C(Nc1cc(F)cc(F)c1)c1ccnc2ccccc12. The van der Waals surface area contributed by atoms with Crippen molar-refractivity contribution in [1.82, 2.24) is 4.98 Å². The number of para-hydroxylation sites is 1. The van der Waals surface area contributed by atoms with Crippen molar-refractivity contribution in [2.75, 3.05) is 5.32 Å². The Morgan fingerprint density at radius 3 is 2.48 bits per heavy atom. The van der Waals surface area contributed by atoms with Crippen LogP contribution >= 0.6 is 0 Å². The molecular formula is C16H10F2N2O. The van der Waals surface area contributed by atoms with Crippen LogP contribution in [0.4, 0.5) is 14.5 Å². The average Bonchev–Trinajstić information content (AvgIpc) is 2.45. The van der Waals surface area contributed by atoms with E-state index < -0.39 is 17.5 Å². The summed E-state index contributed by atoms with van der Waals surface area (Å²) in [6.07, 6.45) is 1.52. The molecule has 0 fully saturated rings. The lowest BCUT2D eigenvalue weighted by Crippen LogP contribution is -2.13. The van der Waals surface area contributed by atoms with Gasteiger partial charge in [0.2, 0.25) is 0 Å². The lowest BCUT2D eigenvalue weighted by molar-refractivity contribution is 0.102. The van der Waals surface area contributed by atoms with E-state index >= 15 is 0 Å². The number of aromatic nitrogens is 1. The number of fused-ring (bicyclic) bond motifs is 1. The Kier molecular flexibility index (Phi) is 3.31. The lowest BCUT2D eigenvalue weighted by Gasteiger charge is -2.08. The summed E-state index contributed by atoms with van der Waals surface area (Å²) in [7, 11) is 0. The van der Waals surface area contributed by atoms with Gasteiger partial charge in [0.15, 0.2) is 0 Å². The number of halogens is 2. The van der Waals surface area contributed by atoms with Crippen LogP contribution in [0.25, 0.3) is 10.9 Å². The average molecular weight is 284 g/mol. The van der Waals surface area contributed by atoms with Crippen LogP contribution in [0.5, 0.6) is 0 Å². The van der Waals surface area contributed by atoms with Gasteiger partial charge in [0.05, 0.1) is 11.1 Å². The van der Waals surface area contributed by atoms with Crippen LogP contribution in [0, 0.1) is 11.6 Å². The summed E-state index contributed by atoms with van der Waals surface area (Å²) in [4.78, 5) is 16.4. The highest BCUT2D eigenvalue weighted by atomic mass is 19.1. The highest BCUT2D eigenvalue weighted by Crippen LogP contribution is 2.19. The molecule has 3 rings (SSSR count). The Labute approximate surface area is 119 Å². The molecule has 0 saturated carbocycles. The van der Waals surface area contributed by atoms with E-state index in [0.29, 0.717) is 16.5 Å². The van der Waals surface area contributed by atoms with Gasteiger partial charge in [-0.25, -0.2) is 8.78 Å². The van der Waals surface area contributed by atoms with Crippen molar-refractivity contribution in [2.24, 2.45) is 0 Å². The summed E-state index contributed by atoms with van der Waals surface area (Å²) in [5, 5.41) is 3.16. The molecule has 1 aromatic heterocycles. The Morgan fingerprint density at radius 2 is 1.71 bits per heavy atom. The van der Waals surface area contributed by atoms with Crippen LogP contribution in [0.1, 0.15) is 10.4 Å². The van der Waals surface area contributed by atoms with Gasteiger partial charge in [-0.3, -0.25) is 9.78 Å². The van der Waals surface area contributed by atoms with E-state index in [1.165, 1.54) is 6.20 Å². The fourth-order valence-corrected chi connectivity index (χ4v) is 2.12. The molecule has 1 heterocycles. The van der Waals surface area contributed by atoms with Crippen LogP contribution in [-0.2, 0) is 0 Å². The summed E-state index contributed by atoms with van der Waals surface area (Å²) in [5.41, 5.74) is 1.14. The number of hydrogen-bond donors (Lipinski definition) is 1.